The average Bonchev–Trinajstić information content (AvgIpc) is 3.27. The summed E-state index contributed by atoms with van der Waals surface area (Å²) in [6.07, 6.45) is 1.98. The molecule has 3 rings (SSSR count). The average molecular weight is 511 g/mol. The molecule has 0 amide bonds. The van der Waals surface area contributed by atoms with Gasteiger partial charge in [0.1, 0.15) is 5.76 Å². The van der Waals surface area contributed by atoms with Gasteiger partial charge in [0.05, 0.1) is 29.5 Å². The molecular weight excluding hydrogens is 485 g/mol. The van der Waals surface area contributed by atoms with Crippen molar-refractivity contribution in [3.63, 3.8) is 0 Å². The molecule has 150 valence electrons. The molecule has 0 aliphatic rings. The molecule has 0 bridgehead atoms. The van der Waals surface area contributed by atoms with E-state index in [9.17, 15) is 0 Å². The lowest BCUT2D eigenvalue weighted by molar-refractivity contribution is 0.463. The van der Waals surface area contributed by atoms with Gasteiger partial charge in [0.15, 0.2) is 5.96 Å². The van der Waals surface area contributed by atoms with Crippen molar-refractivity contribution in [1.29, 1.82) is 0 Å². The third-order valence-electron chi connectivity index (χ3n) is 4.21. The van der Waals surface area contributed by atoms with Crippen molar-refractivity contribution < 1.29 is 4.42 Å². The molecule has 0 saturated carbocycles. The maximum Gasteiger partial charge on any atom is 0.214 e. The van der Waals surface area contributed by atoms with E-state index in [4.69, 9.17) is 9.40 Å². The van der Waals surface area contributed by atoms with E-state index >= 15 is 0 Å². The molecule has 8 heteroatoms. The maximum atomic E-state index is 5.57. The first-order valence-electron chi connectivity index (χ1n) is 8.98. The van der Waals surface area contributed by atoms with Crippen molar-refractivity contribution in [2.24, 2.45) is 4.99 Å². The van der Waals surface area contributed by atoms with Gasteiger partial charge in [-0.05, 0) is 25.8 Å². The highest BCUT2D eigenvalue weighted by Gasteiger charge is 2.07. The number of hydrogen-bond donors (Lipinski definition) is 2. The Bertz CT molecular complexity index is 872. The fourth-order valence-corrected chi connectivity index (χ4v) is 3.41. The lowest BCUT2D eigenvalue weighted by Gasteiger charge is -2.09. The fourth-order valence-electron chi connectivity index (χ4n) is 2.61. The number of aromatic nitrogens is 2. The Morgan fingerprint density at radius 3 is 2.50 bits per heavy atom. The van der Waals surface area contributed by atoms with Crippen LogP contribution in [0.15, 0.2) is 45.1 Å². The van der Waals surface area contributed by atoms with Crippen molar-refractivity contribution in [3.05, 3.63) is 69.3 Å². The molecule has 0 aliphatic heterocycles. The van der Waals surface area contributed by atoms with Crippen LogP contribution in [0, 0.1) is 13.8 Å². The highest BCUT2D eigenvalue weighted by Crippen LogP contribution is 2.13. The number of rotatable bonds is 7. The predicted octanol–water partition coefficient (Wildman–Crippen LogP) is 4.02. The van der Waals surface area contributed by atoms with E-state index in [-0.39, 0.29) is 24.0 Å². The zero-order chi connectivity index (χ0) is 19.1. The van der Waals surface area contributed by atoms with E-state index < -0.39 is 0 Å². The highest BCUT2D eigenvalue weighted by atomic mass is 127. The monoisotopic (exact) mass is 511 g/mol. The summed E-state index contributed by atoms with van der Waals surface area (Å²) in [5, 5.41) is 9.74. The smallest absolute Gasteiger partial charge is 0.214 e. The van der Waals surface area contributed by atoms with Crippen LogP contribution >= 0.6 is 35.3 Å². The Morgan fingerprint density at radius 2 is 1.82 bits per heavy atom. The van der Waals surface area contributed by atoms with Gasteiger partial charge in [-0.3, -0.25) is 4.99 Å². The molecule has 0 unspecified atom stereocenters. The molecule has 0 radical (unpaired) electrons. The molecule has 0 spiro atoms. The standard InChI is InChI=1S/C20H25N5OS.HI/c1-14-15(2)26-18(24-14)12-23-20(21-3)22-11-17-13-27-19(25-17)10-9-16-7-5-4-6-8-16;/h4-8,13H,9-12H2,1-3H3,(H2,21,22,23);1H. The van der Waals surface area contributed by atoms with Gasteiger partial charge in [-0.15, -0.1) is 35.3 Å². The topological polar surface area (TPSA) is 75.3 Å². The van der Waals surface area contributed by atoms with Gasteiger partial charge in [0.25, 0.3) is 0 Å². The molecule has 3 aromatic rings. The van der Waals surface area contributed by atoms with Crippen LogP contribution in [0.25, 0.3) is 0 Å². The number of oxazole rings is 1. The summed E-state index contributed by atoms with van der Waals surface area (Å²) >= 11 is 1.71. The molecule has 1 aromatic carbocycles. The van der Waals surface area contributed by atoms with Crippen molar-refractivity contribution in [1.82, 2.24) is 20.6 Å². The zero-order valence-electron chi connectivity index (χ0n) is 16.4. The van der Waals surface area contributed by atoms with Gasteiger partial charge in [-0.2, -0.15) is 0 Å². The van der Waals surface area contributed by atoms with E-state index in [2.05, 4.69) is 50.3 Å². The van der Waals surface area contributed by atoms with Crippen molar-refractivity contribution in [2.75, 3.05) is 7.05 Å². The number of thiazole rings is 1. The molecule has 6 nitrogen and oxygen atoms in total. The molecule has 2 N–H and O–H groups in total. The van der Waals surface area contributed by atoms with Crippen molar-refractivity contribution in [2.45, 2.75) is 39.8 Å². The summed E-state index contributed by atoms with van der Waals surface area (Å²) in [5.74, 6) is 2.20. The first kappa shape index (κ1) is 22.4. The van der Waals surface area contributed by atoms with Gasteiger partial charge in [-0.1, -0.05) is 30.3 Å². The van der Waals surface area contributed by atoms with Crippen LogP contribution in [0.5, 0.6) is 0 Å². The summed E-state index contributed by atoms with van der Waals surface area (Å²) in [4.78, 5) is 13.3. The number of hydrogen-bond acceptors (Lipinski definition) is 5. The summed E-state index contributed by atoms with van der Waals surface area (Å²) in [6, 6.07) is 10.5. The van der Waals surface area contributed by atoms with Crippen LogP contribution in [0.1, 0.15) is 33.6 Å². The van der Waals surface area contributed by atoms with Gasteiger partial charge in [0.2, 0.25) is 5.89 Å². The van der Waals surface area contributed by atoms with Gasteiger partial charge in [0, 0.05) is 18.8 Å². The number of nitrogens with one attached hydrogen (secondary N) is 2. The Hall–Kier alpha value is -1.94. The van der Waals surface area contributed by atoms with E-state index in [0.717, 1.165) is 35.0 Å². The minimum Gasteiger partial charge on any atom is -0.444 e. The second-order valence-corrected chi connectivity index (χ2v) is 7.19. The Morgan fingerprint density at radius 1 is 1.07 bits per heavy atom. The summed E-state index contributed by atoms with van der Waals surface area (Å²) in [6.45, 7) is 4.97. The van der Waals surface area contributed by atoms with Gasteiger partial charge in [-0.25, -0.2) is 9.97 Å². The minimum absolute atomic E-state index is 0. The van der Waals surface area contributed by atoms with Crippen LogP contribution in [0.2, 0.25) is 0 Å². The normalized spacial score (nSPS) is 11.2. The Labute approximate surface area is 186 Å². The largest absolute Gasteiger partial charge is 0.444 e. The number of nitrogens with zero attached hydrogens (tertiary/aromatic N) is 3. The second-order valence-electron chi connectivity index (χ2n) is 6.25. The lowest BCUT2D eigenvalue weighted by Crippen LogP contribution is -2.36. The van der Waals surface area contributed by atoms with Crippen LogP contribution in [0.3, 0.4) is 0 Å². The Kier molecular flexibility index (Phi) is 8.91. The lowest BCUT2D eigenvalue weighted by atomic mass is 10.1. The molecule has 0 aliphatic carbocycles. The molecule has 28 heavy (non-hydrogen) atoms. The number of benzene rings is 1. The van der Waals surface area contributed by atoms with Crippen LogP contribution < -0.4 is 10.6 Å². The SMILES string of the molecule is CN=C(NCc1csc(CCc2ccccc2)n1)NCc1nc(C)c(C)o1.I. The van der Waals surface area contributed by atoms with Crippen LogP contribution in [0.4, 0.5) is 0 Å². The molecule has 0 atom stereocenters. The Balaban J connectivity index is 0.00000280. The number of guanidine groups is 1. The van der Waals surface area contributed by atoms with Crippen molar-refractivity contribution >= 4 is 41.3 Å². The van der Waals surface area contributed by atoms with Crippen molar-refractivity contribution in [3.8, 4) is 0 Å². The van der Waals surface area contributed by atoms with E-state index in [1.807, 2.05) is 19.9 Å². The van der Waals surface area contributed by atoms with Gasteiger partial charge >= 0.3 is 0 Å². The van der Waals surface area contributed by atoms with Crippen LogP contribution in [-0.4, -0.2) is 23.0 Å². The molecular formula is C20H26IN5OS. The number of aryl methyl sites for hydroxylation is 4. The quantitative estimate of drug-likeness (QED) is 0.285. The molecule has 2 aromatic heterocycles. The fraction of sp³-hybridized carbons (Fsp3) is 0.350. The van der Waals surface area contributed by atoms with Crippen LogP contribution in [-0.2, 0) is 25.9 Å². The van der Waals surface area contributed by atoms with E-state index in [1.165, 1.54) is 5.56 Å². The minimum atomic E-state index is 0. The molecule has 0 saturated heterocycles. The summed E-state index contributed by atoms with van der Waals surface area (Å²) < 4.78 is 5.57. The predicted molar refractivity (Wildman–Crippen MR) is 124 cm³/mol. The molecule has 0 fully saturated rings. The van der Waals surface area contributed by atoms with E-state index in [1.54, 1.807) is 18.4 Å². The summed E-state index contributed by atoms with van der Waals surface area (Å²) in [7, 11) is 1.74. The number of halogens is 1. The number of aliphatic imine (C=N–C) groups is 1. The third-order valence-corrected chi connectivity index (χ3v) is 5.17. The first-order valence-corrected chi connectivity index (χ1v) is 9.86. The highest BCUT2D eigenvalue weighted by molar-refractivity contribution is 14.0. The second kappa shape index (κ2) is 11.2. The molecule has 2 heterocycles. The third kappa shape index (κ3) is 6.59. The maximum absolute atomic E-state index is 5.57. The zero-order valence-corrected chi connectivity index (χ0v) is 19.5. The summed E-state index contributed by atoms with van der Waals surface area (Å²) in [5.41, 5.74) is 3.28. The first-order chi connectivity index (χ1) is 13.1. The van der Waals surface area contributed by atoms with E-state index in [0.29, 0.717) is 24.9 Å². The van der Waals surface area contributed by atoms with Gasteiger partial charge < -0.3 is 15.1 Å².